The fourth-order valence-electron chi connectivity index (χ4n) is 1.79. The highest BCUT2D eigenvalue weighted by atomic mass is 35.5. The van der Waals surface area contributed by atoms with Crippen molar-refractivity contribution in [1.29, 1.82) is 0 Å². The monoisotopic (exact) mass is 383 g/mol. The Kier molecular flexibility index (Phi) is 5.57. The highest BCUT2D eigenvalue weighted by Crippen LogP contribution is 2.30. The number of hydrogen-bond acceptors (Lipinski definition) is 3. The van der Waals surface area contributed by atoms with Crippen molar-refractivity contribution in [2.24, 2.45) is 0 Å². The van der Waals surface area contributed by atoms with Crippen molar-refractivity contribution in [3.8, 4) is 0 Å². The standard InChI is InChI=1S/C13H12Cl3NO2S2/c1-2-17(8-10-4-6-13(16)20-10)21(18,19)12-7-9(14)3-5-11(12)15/h3-7H,2,8H2,1H3. The summed E-state index contributed by atoms with van der Waals surface area (Å²) in [6.07, 6.45) is 0. The van der Waals surface area contributed by atoms with Gasteiger partial charge in [-0.2, -0.15) is 4.31 Å². The van der Waals surface area contributed by atoms with E-state index < -0.39 is 10.0 Å². The summed E-state index contributed by atoms with van der Waals surface area (Å²) in [7, 11) is -3.71. The fraction of sp³-hybridized carbons (Fsp3) is 0.231. The third kappa shape index (κ3) is 3.92. The largest absolute Gasteiger partial charge is 0.244 e. The van der Waals surface area contributed by atoms with Gasteiger partial charge in [-0.1, -0.05) is 41.7 Å². The van der Waals surface area contributed by atoms with Gasteiger partial charge in [0, 0.05) is 23.0 Å². The predicted octanol–water partition coefficient (Wildman–Crippen LogP) is 4.92. The highest BCUT2D eigenvalue weighted by Gasteiger charge is 2.26. The lowest BCUT2D eigenvalue weighted by Crippen LogP contribution is -2.30. The molecule has 0 saturated carbocycles. The third-order valence-electron chi connectivity index (χ3n) is 2.82. The molecule has 2 aromatic rings. The summed E-state index contributed by atoms with van der Waals surface area (Å²) < 4.78 is 27.4. The number of hydrogen-bond donors (Lipinski definition) is 0. The minimum atomic E-state index is -3.71. The van der Waals surface area contributed by atoms with E-state index in [-0.39, 0.29) is 16.5 Å². The van der Waals surface area contributed by atoms with Crippen molar-refractivity contribution < 1.29 is 8.42 Å². The van der Waals surface area contributed by atoms with E-state index >= 15 is 0 Å². The van der Waals surface area contributed by atoms with Gasteiger partial charge in [0.1, 0.15) is 4.90 Å². The molecule has 3 nitrogen and oxygen atoms in total. The van der Waals surface area contributed by atoms with Crippen LogP contribution in [0.5, 0.6) is 0 Å². The molecule has 21 heavy (non-hydrogen) atoms. The zero-order valence-electron chi connectivity index (χ0n) is 11.0. The van der Waals surface area contributed by atoms with Crippen LogP contribution < -0.4 is 0 Å². The minimum Gasteiger partial charge on any atom is -0.207 e. The van der Waals surface area contributed by atoms with Gasteiger partial charge in [0.25, 0.3) is 0 Å². The van der Waals surface area contributed by atoms with Gasteiger partial charge >= 0.3 is 0 Å². The zero-order chi connectivity index (χ0) is 15.6. The molecule has 0 aliphatic rings. The number of nitrogens with zero attached hydrogens (tertiary/aromatic N) is 1. The summed E-state index contributed by atoms with van der Waals surface area (Å²) in [5.41, 5.74) is 0. The van der Waals surface area contributed by atoms with Crippen LogP contribution in [-0.2, 0) is 16.6 Å². The molecular formula is C13H12Cl3NO2S2. The first kappa shape index (κ1) is 17.1. The molecule has 114 valence electrons. The Morgan fingerprint density at radius 3 is 2.43 bits per heavy atom. The van der Waals surface area contributed by atoms with Gasteiger partial charge in [0.15, 0.2) is 0 Å². The molecule has 0 atom stereocenters. The van der Waals surface area contributed by atoms with Gasteiger partial charge in [-0.15, -0.1) is 11.3 Å². The predicted molar refractivity (Wildman–Crippen MR) is 89.1 cm³/mol. The molecule has 1 aromatic heterocycles. The maximum Gasteiger partial charge on any atom is 0.244 e. The van der Waals surface area contributed by atoms with E-state index in [0.717, 1.165) is 4.88 Å². The smallest absolute Gasteiger partial charge is 0.207 e. The summed E-state index contributed by atoms with van der Waals surface area (Å²) in [6, 6.07) is 7.95. The Morgan fingerprint density at radius 2 is 1.86 bits per heavy atom. The molecule has 0 fully saturated rings. The van der Waals surface area contributed by atoms with E-state index in [2.05, 4.69) is 0 Å². The maximum atomic E-state index is 12.7. The number of rotatable bonds is 5. The summed E-state index contributed by atoms with van der Waals surface area (Å²) in [6.45, 7) is 2.34. The number of halogens is 3. The highest BCUT2D eigenvalue weighted by molar-refractivity contribution is 7.89. The van der Waals surface area contributed by atoms with Crippen LogP contribution in [0.25, 0.3) is 0 Å². The van der Waals surface area contributed by atoms with Crippen LogP contribution in [-0.4, -0.2) is 19.3 Å². The summed E-state index contributed by atoms with van der Waals surface area (Å²) in [4.78, 5) is 0.879. The first-order chi connectivity index (χ1) is 9.84. The quantitative estimate of drug-likeness (QED) is 0.733. The van der Waals surface area contributed by atoms with Gasteiger partial charge < -0.3 is 0 Å². The Labute approximate surface area is 143 Å². The molecule has 1 heterocycles. The van der Waals surface area contributed by atoms with Crippen LogP contribution >= 0.6 is 46.1 Å². The average Bonchev–Trinajstić information content (AvgIpc) is 2.84. The first-order valence-electron chi connectivity index (χ1n) is 6.04. The van der Waals surface area contributed by atoms with Gasteiger partial charge in [-0.3, -0.25) is 0 Å². The molecule has 0 bridgehead atoms. The molecule has 0 aliphatic carbocycles. The van der Waals surface area contributed by atoms with Crippen LogP contribution in [0, 0.1) is 0 Å². The van der Waals surface area contributed by atoms with E-state index in [1.54, 1.807) is 19.1 Å². The number of sulfonamides is 1. The Morgan fingerprint density at radius 1 is 1.14 bits per heavy atom. The van der Waals surface area contributed by atoms with Crippen molar-refractivity contribution >= 4 is 56.2 Å². The van der Waals surface area contributed by atoms with E-state index in [1.807, 2.05) is 6.07 Å². The van der Waals surface area contributed by atoms with Crippen LogP contribution in [0.1, 0.15) is 11.8 Å². The van der Waals surface area contributed by atoms with Gasteiger partial charge in [0.05, 0.1) is 9.36 Å². The van der Waals surface area contributed by atoms with Gasteiger partial charge in [-0.05, 0) is 30.3 Å². The van der Waals surface area contributed by atoms with E-state index in [0.29, 0.717) is 15.9 Å². The van der Waals surface area contributed by atoms with Crippen LogP contribution in [0.4, 0.5) is 0 Å². The lowest BCUT2D eigenvalue weighted by Gasteiger charge is -2.20. The van der Waals surface area contributed by atoms with Crippen molar-refractivity contribution in [3.05, 3.63) is 49.6 Å². The Hall–Kier alpha value is -0.300. The zero-order valence-corrected chi connectivity index (χ0v) is 14.9. The Bertz CT molecular complexity index is 744. The van der Waals surface area contributed by atoms with Gasteiger partial charge in [0.2, 0.25) is 10.0 Å². The molecule has 0 N–H and O–H groups in total. The van der Waals surface area contributed by atoms with E-state index in [9.17, 15) is 8.42 Å². The van der Waals surface area contributed by atoms with Crippen molar-refractivity contribution in [1.82, 2.24) is 4.31 Å². The minimum absolute atomic E-state index is 0.0150. The summed E-state index contributed by atoms with van der Waals surface area (Å²) in [5.74, 6) is 0. The number of thiophene rings is 1. The van der Waals surface area contributed by atoms with E-state index in [1.165, 1.54) is 27.8 Å². The molecule has 0 radical (unpaired) electrons. The third-order valence-corrected chi connectivity index (χ3v) is 6.68. The van der Waals surface area contributed by atoms with Crippen LogP contribution in [0.2, 0.25) is 14.4 Å². The molecule has 0 unspecified atom stereocenters. The molecule has 8 heteroatoms. The first-order valence-corrected chi connectivity index (χ1v) is 9.43. The molecule has 1 aromatic carbocycles. The summed E-state index contributed by atoms with van der Waals surface area (Å²) >= 11 is 19.1. The molecule has 0 saturated heterocycles. The average molecular weight is 385 g/mol. The second-order valence-electron chi connectivity index (χ2n) is 4.21. The molecular weight excluding hydrogens is 373 g/mol. The normalized spacial score (nSPS) is 12.0. The number of benzene rings is 1. The molecule has 0 aliphatic heterocycles. The molecule has 2 rings (SSSR count). The van der Waals surface area contributed by atoms with Gasteiger partial charge in [-0.25, -0.2) is 8.42 Å². The van der Waals surface area contributed by atoms with Crippen molar-refractivity contribution in [2.75, 3.05) is 6.54 Å². The molecule has 0 spiro atoms. The SMILES string of the molecule is CCN(Cc1ccc(Cl)s1)S(=O)(=O)c1cc(Cl)ccc1Cl. The second kappa shape index (κ2) is 6.86. The van der Waals surface area contributed by atoms with Crippen LogP contribution in [0.3, 0.4) is 0 Å². The lowest BCUT2D eigenvalue weighted by atomic mass is 10.4. The van der Waals surface area contributed by atoms with Crippen molar-refractivity contribution in [2.45, 2.75) is 18.4 Å². The summed E-state index contributed by atoms with van der Waals surface area (Å²) in [5, 5.41) is 0.482. The molecule has 0 amide bonds. The topological polar surface area (TPSA) is 37.4 Å². The fourth-order valence-corrected chi connectivity index (χ4v) is 5.14. The van der Waals surface area contributed by atoms with E-state index in [4.69, 9.17) is 34.8 Å². The lowest BCUT2D eigenvalue weighted by molar-refractivity contribution is 0.426. The van der Waals surface area contributed by atoms with Crippen molar-refractivity contribution in [3.63, 3.8) is 0 Å². The second-order valence-corrected chi connectivity index (χ2v) is 8.76. The maximum absolute atomic E-state index is 12.7. The van der Waals surface area contributed by atoms with Crippen LogP contribution in [0.15, 0.2) is 35.2 Å². The Balaban J connectivity index is 2.37.